The van der Waals surface area contributed by atoms with Crippen LogP contribution in [0.3, 0.4) is 0 Å². The first-order valence-corrected chi connectivity index (χ1v) is 8.90. The van der Waals surface area contributed by atoms with Crippen LogP contribution in [0.15, 0.2) is 32.9 Å². The van der Waals surface area contributed by atoms with E-state index in [1.165, 1.54) is 23.5 Å². The predicted molar refractivity (Wildman–Crippen MR) is 79.8 cm³/mol. The summed E-state index contributed by atoms with van der Waals surface area (Å²) >= 11 is 4.47. The Balaban J connectivity index is 2.02. The Labute approximate surface area is 129 Å². The van der Waals surface area contributed by atoms with Gasteiger partial charge in [-0.25, -0.2) is 22.5 Å². The van der Waals surface area contributed by atoms with Gasteiger partial charge in [-0.05, 0) is 41.1 Å². The molecule has 20 heavy (non-hydrogen) atoms. The molecule has 1 aromatic heterocycles. The average molecular weight is 379 g/mol. The van der Waals surface area contributed by atoms with E-state index >= 15 is 0 Å². The van der Waals surface area contributed by atoms with E-state index in [9.17, 15) is 12.8 Å². The van der Waals surface area contributed by atoms with Crippen LogP contribution in [0, 0.1) is 12.7 Å². The number of nitrogens with one attached hydrogen (secondary N) is 1. The molecule has 0 saturated carbocycles. The van der Waals surface area contributed by atoms with Crippen molar-refractivity contribution < 1.29 is 12.8 Å². The Morgan fingerprint density at radius 2 is 2.20 bits per heavy atom. The van der Waals surface area contributed by atoms with Crippen LogP contribution in [-0.4, -0.2) is 19.9 Å². The van der Waals surface area contributed by atoms with Gasteiger partial charge in [0, 0.05) is 24.0 Å². The van der Waals surface area contributed by atoms with Crippen molar-refractivity contribution in [2.45, 2.75) is 18.2 Å². The second kappa shape index (κ2) is 6.30. The fourth-order valence-corrected chi connectivity index (χ4v) is 3.60. The van der Waals surface area contributed by atoms with Gasteiger partial charge in [0.1, 0.15) is 5.82 Å². The number of hydrogen-bond donors (Lipinski definition) is 1. The van der Waals surface area contributed by atoms with Crippen molar-refractivity contribution in [1.29, 1.82) is 0 Å². The molecule has 2 rings (SSSR count). The second-order valence-electron chi connectivity index (χ2n) is 4.11. The number of aromatic nitrogens is 1. The fourth-order valence-electron chi connectivity index (χ4n) is 1.54. The van der Waals surface area contributed by atoms with Gasteiger partial charge in [0.15, 0.2) is 0 Å². The third-order valence-corrected chi connectivity index (χ3v) is 5.63. The molecule has 0 radical (unpaired) electrons. The van der Waals surface area contributed by atoms with Gasteiger partial charge in [0.25, 0.3) is 0 Å². The summed E-state index contributed by atoms with van der Waals surface area (Å²) in [7, 11) is -3.70. The summed E-state index contributed by atoms with van der Waals surface area (Å²) in [6.45, 7) is 2.11. The Kier molecular flexibility index (Phi) is 4.90. The molecule has 8 heteroatoms. The number of rotatable bonds is 5. The van der Waals surface area contributed by atoms with Gasteiger partial charge in [-0.1, -0.05) is 0 Å². The number of thiazole rings is 1. The van der Waals surface area contributed by atoms with Crippen molar-refractivity contribution in [1.82, 2.24) is 9.71 Å². The maximum atomic E-state index is 13.4. The van der Waals surface area contributed by atoms with E-state index < -0.39 is 15.8 Å². The zero-order valence-corrected chi connectivity index (χ0v) is 13.8. The van der Waals surface area contributed by atoms with Gasteiger partial charge >= 0.3 is 0 Å². The molecule has 108 valence electrons. The molecule has 1 N–H and O–H groups in total. The molecule has 0 spiro atoms. The normalized spacial score (nSPS) is 11.8. The van der Waals surface area contributed by atoms with Crippen LogP contribution in [0.25, 0.3) is 0 Å². The highest BCUT2D eigenvalue weighted by atomic mass is 79.9. The molecule has 0 aliphatic carbocycles. The predicted octanol–water partition coefficient (Wildman–Crippen LogP) is 2.87. The summed E-state index contributed by atoms with van der Waals surface area (Å²) < 4.78 is 40.0. The maximum Gasteiger partial charge on any atom is 0.240 e. The standard InChI is InChI=1S/C12H12BrFN2O2S2/c1-8-7-19-12(16-8)4-5-15-20(17,18)9-2-3-10(13)11(14)6-9/h2-3,6-7,15H,4-5H2,1H3. The number of hydrogen-bond acceptors (Lipinski definition) is 4. The van der Waals surface area contributed by atoms with E-state index in [4.69, 9.17) is 0 Å². The smallest absolute Gasteiger partial charge is 0.240 e. The molecule has 0 aliphatic heterocycles. The van der Waals surface area contributed by atoms with E-state index in [0.717, 1.165) is 16.8 Å². The Bertz CT molecular complexity index is 716. The van der Waals surface area contributed by atoms with E-state index in [-0.39, 0.29) is 15.9 Å². The number of halogens is 2. The largest absolute Gasteiger partial charge is 0.247 e. The van der Waals surface area contributed by atoms with E-state index in [1.807, 2.05) is 12.3 Å². The monoisotopic (exact) mass is 378 g/mol. The lowest BCUT2D eigenvalue weighted by molar-refractivity contribution is 0.577. The van der Waals surface area contributed by atoms with Crippen molar-refractivity contribution in [2.24, 2.45) is 0 Å². The number of nitrogens with zero attached hydrogens (tertiary/aromatic N) is 1. The fraction of sp³-hybridized carbons (Fsp3) is 0.250. The van der Waals surface area contributed by atoms with Crippen LogP contribution < -0.4 is 4.72 Å². The van der Waals surface area contributed by atoms with Gasteiger partial charge in [0.2, 0.25) is 10.0 Å². The van der Waals surface area contributed by atoms with Crippen LogP contribution in [0.2, 0.25) is 0 Å². The minimum Gasteiger partial charge on any atom is -0.247 e. The highest BCUT2D eigenvalue weighted by Crippen LogP contribution is 2.19. The van der Waals surface area contributed by atoms with E-state index in [2.05, 4.69) is 25.6 Å². The molecule has 0 aliphatic rings. The summed E-state index contributed by atoms with van der Waals surface area (Å²) in [5.74, 6) is -0.608. The number of benzene rings is 1. The van der Waals surface area contributed by atoms with Crippen molar-refractivity contribution in [3.05, 3.63) is 44.6 Å². The van der Waals surface area contributed by atoms with Crippen LogP contribution in [-0.2, 0) is 16.4 Å². The molecule has 1 heterocycles. The maximum absolute atomic E-state index is 13.4. The van der Waals surface area contributed by atoms with Crippen molar-refractivity contribution in [3.63, 3.8) is 0 Å². The first kappa shape index (κ1) is 15.6. The Morgan fingerprint density at radius 3 is 2.80 bits per heavy atom. The van der Waals surface area contributed by atoms with Crippen molar-refractivity contribution in [2.75, 3.05) is 6.54 Å². The Morgan fingerprint density at radius 1 is 1.45 bits per heavy atom. The molecule has 0 atom stereocenters. The van der Waals surface area contributed by atoms with Crippen LogP contribution in [0.5, 0.6) is 0 Å². The summed E-state index contributed by atoms with van der Waals surface area (Å²) in [4.78, 5) is 4.16. The number of sulfonamides is 1. The van der Waals surface area contributed by atoms with Crippen molar-refractivity contribution in [3.8, 4) is 0 Å². The minimum absolute atomic E-state index is 0.0893. The number of aryl methyl sites for hydroxylation is 1. The summed E-state index contributed by atoms with van der Waals surface area (Å²) in [5.41, 5.74) is 0.919. The van der Waals surface area contributed by atoms with Gasteiger partial charge in [-0.2, -0.15) is 0 Å². The lowest BCUT2D eigenvalue weighted by atomic mass is 10.3. The minimum atomic E-state index is -3.70. The van der Waals surface area contributed by atoms with Gasteiger partial charge in [-0.15, -0.1) is 11.3 Å². The van der Waals surface area contributed by atoms with Gasteiger partial charge < -0.3 is 0 Å². The molecule has 0 amide bonds. The first-order valence-electron chi connectivity index (χ1n) is 5.74. The SMILES string of the molecule is Cc1csc(CCNS(=O)(=O)c2ccc(Br)c(F)c2)n1. The zero-order chi connectivity index (χ0) is 14.8. The molecular weight excluding hydrogens is 367 g/mol. The highest BCUT2D eigenvalue weighted by molar-refractivity contribution is 9.10. The average Bonchev–Trinajstić information content (AvgIpc) is 2.78. The molecular formula is C12H12BrFN2O2S2. The Hall–Kier alpha value is -0.830. The topological polar surface area (TPSA) is 59.1 Å². The van der Waals surface area contributed by atoms with Crippen LogP contribution >= 0.6 is 27.3 Å². The third kappa shape index (κ3) is 3.85. The lowest BCUT2D eigenvalue weighted by Crippen LogP contribution is -2.26. The van der Waals surface area contributed by atoms with Gasteiger partial charge in [-0.3, -0.25) is 0 Å². The quantitative estimate of drug-likeness (QED) is 0.869. The lowest BCUT2D eigenvalue weighted by Gasteiger charge is -2.06. The van der Waals surface area contributed by atoms with E-state index in [0.29, 0.717) is 6.42 Å². The van der Waals surface area contributed by atoms with Crippen molar-refractivity contribution >= 4 is 37.3 Å². The molecule has 0 saturated heterocycles. The highest BCUT2D eigenvalue weighted by Gasteiger charge is 2.15. The van der Waals surface area contributed by atoms with Gasteiger partial charge in [0.05, 0.1) is 14.4 Å². The summed E-state index contributed by atoms with van der Waals surface area (Å²) in [5, 5.41) is 2.78. The van der Waals surface area contributed by atoms with Crippen LogP contribution in [0.1, 0.15) is 10.7 Å². The molecule has 1 aromatic carbocycles. The summed E-state index contributed by atoms with van der Waals surface area (Å²) in [6, 6.07) is 3.71. The second-order valence-corrected chi connectivity index (χ2v) is 7.67. The molecule has 0 fully saturated rings. The zero-order valence-electron chi connectivity index (χ0n) is 10.6. The molecule has 2 aromatic rings. The third-order valence-electron chi connectivity index (χ3n) is 2.50. The van der Waals surface area contributed by atoms with Crippen LogP contribution in [0.4, 0.5) is 4.39 Å². The molecule has 0 bridgehead atoms. The first-order chi connectivity index (χ1) is 9.38. The molecule has 4 nitrogen and oxygen atoms in total. The molecule has 0 unspecified atom stereocenters. The summed E-state index contributed by atoms with van der Waals surface area (Å²) in [6.07, 6.45) is 0.511. The van der Waals surface area contributed by atoms with E-state index in [1.54, 1.807) is 0 Å².